The lowest BCUT2D eigenvalue weighted by molar-refractivity contribution is -0.183. The van der Waals surface area contributed by atoms with Crippen molar-refractivity contribution in [3.8, 4) is 0 Å². The number of aryl methyl sites for hydroxylation is 2. The van der Waals surface area contributed by atoms with Gasteiger partial charge in [-0.15, -0.1) is 0 Å². The largest absolute Gasteiger partial charge is 0.995 e. The highest BCUT2D eigenvalue weighted by molar-refractivity contribution is 6.52. The maximum Gasteiger partial charge on any atom is 0.995 e. The van der Waals surface area contributed by atoms with Crippen LogP contribution in [0.5, 0.6) is 0 Å². The Hall–Kier alpha value is -2.43. The highest BCUT2D eigenvalue weighted by Crippen LogP contribution is 2.28. The van der Waals surface area contributed by atoms with Gasteiger partial charge in [-0.3, -0.25) is 0 Å². The molecule has 0 N–H and O–H groups in total. The minimum Gasteiger partial charge on any atom is -0.569 e. The molecular weight excluding hydrogens is 285 g/mol. The van der Waals surface area contributed by atoms with Gasteiger partial charge in [0.15, 0.2) is 0 Å². The molecule has 0 amide bonds. The highest BCUT2D eigenvalue weighted by atomic mass is 19.3. The van der Waals surface area contributed by atoms with Crippen molar-refractivity contribution < 1.29 is 17.6 Å². The molecule has 0 atom stereocenters. The van der Waals surface area contributed by atoms with Crippen molar-refractivity contribution in [3.05, 3.63) is 76.9 Å². The van der Waals surface area contributed by atoms with E-state index in [-0.39, 0.29) is 11.5 Å². The maximum atomic E-state index is 13.8. The summed E-state index contributed by atoms with van der Waals surface area (Å²) in [5.41, 5.74) is 3.30. The number of hydrogen-bond donors (Lipinski definition) is 0. The standard InChI is InChI=1S/C17H15BF2O2/c1-12-3-7-14(8-4-12)16-11-17(22-18(19,20)21-16)15-9-5-13(2)6-10-15/h3-11H,1-2H3. The van der Waals surface area contributed by atoms with Crippen LogP contribution in [0, 0.1) is 13.8 Å². The van der Waals surface area contributed by atoms with Gasteiger partial charge in [0, 0.05) is 5.56 Å². The molecule has 0 saturated carbocycles. The van der Waals surface area contributed by atoms with Gasteiger partial charge in [0.1, 0.15) is 0 Å². The van der Waals surface area contributed by atoms with Gasteiger partial charge in [0.05, 0.1) is 17.4 Å². The van der Waals surface area contributed by atoms with Crippen LogP contribution in [0.4, 0.5) is 8.63 Å². The molecule has 0 radical (unpaired) electrons. The van der Waals surface area contributed by atoms with E-state index in [1.807, 2.05) is 38.1 Å². The molecule has 0 fully saturated rings. The van der Waals surface area contributed by atoms with Crippen LogP contribution in [-0.4, -0.2) is 12.9 Å². The molecule has 0 saturated heterocycles. The zero-order valence-corrected chi connectivity index (χ0v) is 12.3. The Morgan fingerprint density at radius 2 is 1.32 bits per heavy atom. The lowest BCUT2D eigenvalue weighted by atomic mass is 10.0. The third-order valence-corrected chi connectivity index (χ3v) is 3.46. The van der Waals surface area contributed by atoms with Gasteiger partial charge < -0.3 is 17.6 Å². The maximum absolute atomic E-state index is 13.8. The third kappa shape index (κ3) is 3.08. The summed E-state index contributed by atoms with van der Waals surface area (Å²) in [5.74, 6) is 0.235. The van der Waals surface area contributed by atoms with Crippen molar-refractivity contribution in [3.63, 3.8) is 0 Å². The van der Waals surface area contributed by atoms with E-state index in [2.05, 4.69) is 0 Å². The monoisotopic (exact) mass is 300 g/mol. The molecule has 5 heteroatoms. The second kappa shape index (κ2) is 5.41. The second-order valence-electron chi connectivity index (χ2n) is 5.38. The summed E-state index contributed by atoms with van der Waals surface area (Å²) < 4.78 is 37.0. The van der Waals surface area contributed by atoms with Gasteiger partial charge >= 0.3 is 7.11 Å². The van der Waals surface area contributed by atoms with Crippen LogP contribution in [0.3, 0.4) is 0 Å². The van der Waals surface area contributed by atoms with E-state index < -0.39 is 7.11 Å². The number of allylic oxidation sites excluding steroid dienone is 1. The number of ketones is 1. The summed E-state index contributed by atoms with van der Waals surface area (Å²) in [7, 11) is -4.37. The van der Waals surface area contributed by atoms with Crippen molar-refractivity contribution in [1.82, 2.24) is 0 Å². The minimum absolute atomic E-state index is 0.117. The Bertz CT molecular complexity index is 747. The van der Waals surface area contributed by atoms with Gasteiger partial charge in [0.2, 0.25) is 0 Å². The van der Waals surface area contributed by atoms with Gasteiger partial charge in [-0.2, -0.15) is 0 Å². The first kappa shape index (κ1) is 14.5. The smallest absolute Gasteiger partial charge is 0.569 e. The Kier molecular flexibility index (Phi) is 3.57. The van der Waals surface area contributed by atoms with Gasteiger partial charge in [-0.05, 0) is 26.0 Å². The second-order valence-corrected chi connectivity index (χ2v) is 5.38. The van der Waals surface area contributed by atoms with Gasteiger partial charge in [-0.1, -0.05) is 47.5 Å². The molecule has 2 aromatic carbocycles. The van der Waals surface area contributed by atoms with E-state index in [0.29, 0.717) is 11.1 Å². The molecule has 112 valence electrons. The average molecular weight is 300 g/mol. The predicted octanol–water partition coefficient (Wildman–Crippen LogP) is 4.47. The van der Waals surface area contributed by atoms with Crippen molar-refractivity contribution in [2.45, 2.75) is 13.8 Å². The summed E-state index contributed by atoms with van der Waals surface area (Å²) in [6.45, 7) is 3.87. The fourth-order valence-corrected chi connectivity index (χ4v) is 2.25. The molecule has 2 aromatic rings. The first-order valence-corrected chi connectivity index (χ1v) is 7.04. The highest BCUT2D eigenvalue weighted by Gasteiger charge is 2.53. The van der Waals surface area contributed by atoms with E-state index in [0.717, 1.165) is 11.1 Å². The minimum atomic E-state index is -4.37. The number of halogens is 2. The van der Waals surface area contributed by atoms with E-state index in [4.69, 9.17) is 9.00 Å². The Morgan fingerprint density at radius 1 is 0.818 bits per heavy atom. The molecule has 0 bridgehead atoms. The summed E-state index contributed by atoms with van der Waals surface area (Å²) in [4.78, 5) is 0. The normalized spacial score (nSPS) is 16.5. The van der Waals surface area contributed by atoms with E-state index >= 15 is 0 Å². The molecule has 1 heterocycles. The van der Waals surface area contributed by atoms with Crippen LogP contribution in [0.2, 0.25) is 0 Å². The quantitative estimate of drug-likeness (QED) is 0.592. The van der Waals surface area contributed by atoms with Gasteiger partial charge in [-0.25, -0.2) is 0 Å². The molecular formula is C17H15BF2O2. The molecule has 1 aliphatic rings. The van der Waals surface area contributed by atoms with Gasteiger partial charge in [0.25, 0.3) is 5.78 Å². The Labute approximate surface area is 127 Å². The third-order valence-electron chi connectivity index (χ3n) is 3.46. The van der Waals surface area contributed by atoms with E-state index in [9.17, 15) is 8.63 Å². The van der Waals surface area contributed by atoms with Crippen LogP contribution in [-0.2, 0) is 4.65 Å². The van der Waals surface area contributed by atoms with E-state index in [1.165, 1.54) is 6.08 Å². The topological polar surface area (TPSA) is 20.5 Å². The van der Waals surface area contributed by atoms with Crippen LogP contribution in [0.15, 0.2) is 54.6 Å². The number of rotatable bonds is 2. The van der Waals surface area contributed by atoms with E-state index in [1.54, 1.807) is 24.3 Å². The molecule has 0 spiro atoms. The predicted molar refractivity (Wildman–Crippen MR) is 83.7 cm³/mol. The molecule has 0 aliphatic carbocycles. The van der Waals surface area contributed by atoms with Crippen LogP contribution in [0.1, 0.15) is 26.6 Å². The molecule has 1 aliphatic heterocycles. The fourth-order valence-electron chi connectivity index (χ4n) is 2.25. The summed E-state index contributed by atoms with van der Waals surface area (Å²) in [6, 6.07) is 14.4. The van der Waals surface area contributed by atoms with Crippen molar-refractivity contribution >= 4 is 18.6 Å². The van der Waals surface area contributed by atoms with Crippen LogP contribution in [0.25, 0.3) is 5.76 Å². The molecule has 22 heavy (non-hydrogen) atoms. The molecule has 0 aromatic heterocycles. The summed E-state index contributed by atoms with van der Waals surface area (Å²) >= 11 is 0. The number of hydrogen-bond acceptors (Lipinski definition) is 1. The Morgan fingerprint density at radius 3 is 1.86 bits per heavy atom. The zero-order chi connectivity index (χ0) is 15.7. The fraction of sp³-hybridized carbons (Fsp3) is 0.118. The molecule has 3 rings (SSSR count). The van der Waals surface area contributed by atoms with Crippen LogP contribution < -0.4 is 0 Å². The molecule has 0 unspecified atom stereocenters. The summed E-state index contributed by atoms with van der Waals surface area (Å²) in [5, 5.41) is 0. The first-order valence-electron chi connectivity index (χ1n) is 7.04. The average Bonchev–Trinajstić information content (AvgIpc) is 2.47. The summed E-state index contributed by atoms with van der Waals surface area (Å²) in [6.07, 6.45) is 1.51. The van der Waals surface area contributed by atoms with Crippen molar-refractivity contribution in [2.24, 2.45) is 0 Å². The number of carbonyl (C=O) groups excluding carboxylic acids is 1. The lowest BCUT2D eigenvalue weighted by Gasteiger charge is -2.20. The zero-order valence-electron chi connectivity index (χ0n) is 12.3. The Balaban J connectivity index is 2.03. The SMILES string of the molecule is Cc1ccc(C2=CC(c3ccc(C)cc3)=[O+][B-](F)(F)O2)cc1. The lowest BCUT2D eigenvalue weighted by Crippen LogP contribution is -2.31. The first-order chi connectivity index (χ1) is 10.4. The number of benzene rings is 2. The van der Waals surface area contributed by atoms with Crippen molar-refractivity contribution in [1.29, 1.82) is 0 Å². The van der Waals surface area contributed by atoms with Crippen molar-refractivity contribution in [2.75, 3.05) is 0 Å². The van der Waals surface area contributed by atoms with Crippen LogP contribution >= 0.6 is 0 Å². The molecule has 2 nitrogen and oxygen atoms in total.